The van der Waals surface area contributed by atoms with Crippen LogP contribution < -0.4 is 11.1 Å². The third-order valence-electron chi connectivity index (χ3n) is 3.90. The molecule has 3 rings (SSSR count). The number of thioether (sulfide) groups is 1. The molecule has 0 radical (unpaired) electrons. The lowest BCUT2D eigenvalue weighted by Gasteiger charge is -2.12. The molecule has 7 heteroatoms. The predicted molar refractivity (Wildman–Crippen MR) is 95.2 cm³/mol. The van der Waals surface area contributed by atoms with Crippen molar-refractivity contribution in [1.29, 1.82) is 0 Å². The van der Waals surface area contributed by atoms with Crippen molar-refractivity contribution < 1.29 is 14.0 Å². The van der Waals surface area contributed by atoms with Crippen molar-refractivity contribution in [3.8, 4) is 0 Å². The summed E-state index contributed by atoms with van der Waals surface area (Å²) in [5, 5.41) is 3.00. The topological polar surface area (TPSA) is 72.2 Å². The molecule has 1 atom stereocenters. The molecule has 1 heterocycles. The van der Waals surface area contributed by atoms with E-state index in [0.29, 0.717) is 10.6 Å². The normalized spacial score (nSPS) is 14.2. The van der Waals surface area contributed by atoms with Gasteiger partial charge in [0.05, 0.1) is 10.8 Å². The zero-order chi connectivity index (χ0) is 17.3. The van der Waals surface area contributed by atoms with Crippen molar-refractivity contribution in [2.24, 2.45) is 5.73 Å². The number of hydrogen-bond donors (Lipinski definition) is 2. The quantitative estimate of drug-likeness (QED) is 0.797. The van der Waals surface area contributed by atoms with Gasteiger partial charge in [0.25, 0.3) is 5.91 Å². The lowest BCUT2D eigenvalue weighted by Crippen LogP contribution is -2.24. The summed E-state index contributed by atoms with van der Waals surface area (Å²) >= 11 is 2.77. The number of amides is 2. The van der Waals surface area contributed by atoms with Gasteiger partial charge in [-0.15, -0.1) is 23.1 Å². The zero-order valence-corrected chi connectivity index (χ0v) is 14.7. The summed E-state index contributed by atoms with van der Waals surface area (Å²) in [6.07, 6.45) is 2.78. The fraction of sp³-hybridized carbons (Fsp3) is 0.294. The van der Waals surface area contributed by atoms with Gasteiger partial charge in [-0.05, 0) is 56.0 Å². The maximum atomic E-state index is 12.9. The lowest BCUT2D eigenvalue weighted by molar-refractivity contribution is -0.115. The maximum Gasteiger partial charge on any atom is 0.251 e. The first-order valence-electron chi connectivity index (χ1n) is 7.63. The molecule has 1 aromatic heterocycles. The Kier molecular flexibility index (Phi) is 4.91. The predicted octanol–water partition coefficient (Wildman–Crippen LogP) is 3.59. The van der Waals surface area contributed by atoms with Crippen LogP contribution in [0.5, 0.6) is 0 Å². The molecule has 2 aromatic rings. The van der Waals surface area contributed by atoms with Gasteiger partial charge in [-0.2, -0.15) is 0 Å². The van der Waals surface area contributed by atoms with Crippen molar-refractivity contribution in [3.05, 3.63) is 46.1 Å². The number of carbonyl (C=O) groups excluding carboxylic acids is 2. The number of nitrogens with two attached hydrogens (primary N) is 1. The Morgan fingerprint density at radius 3 is 2.67 bits per heavy atom. The van der Waals surface area contributed by atoms with Crippen LogP contribution in [-0.4, -0.2) is 17.1 Å². The first-order valence-corrected chi connectivity index (χ1v) is 9.32. The van der Waals surface area contributed by atoms with E-state index in [2.05, 4.69) is 5.32 Å². The van der Waals surface area contributed by atoms with Crippen LogP contribution in [0.15, 0.2) is 29.2 Å². The van der Waals surface area contributed by atoms with Crippen molar-refractivity contribution in [2.45, 2.75) is 36.3 Å². The van der Waals surface area contributed by atoms with Crippen molar-refractivity contribution in [3.63, 3.8) is 0 Å². The Morgan fingerprint density at radius 2 is 2.00 bits per heavy atom. The van der Waals surface area contributed by atoms with E-state index >= 15 is 0 Å². The molecule has 126 valence electrons. The van der Waals surface area contributed by atoms with Gasteiger partial charge in [-0.3, -0.25) is 9.59 Å². The second kappa shape index (κ2) is 6.94. The fourth-order valence-electron chi connectivity index (χ4n) is 2.74. The van der Waals surface area contributed by atoms with Crippen molar-refractivity contribution in [1.82, 2.24) is 0 Å². The van der Waals surface area contributed by atoms with Crippen LogP contribution in [-0.2, 0) is 17.6 Å². The van der Waals surface area contributed by atoms with Gasteiger partial charge in [0.15, 0.2) is 0 Å². The number of aryl methyl sites for hydroxylation is 1. The number of thiophene rings is 1. The molecule has 0 saturated carbocycles. The number of benzene rings is 1. The molecule has 0 unspecified atom stereocenters. The highest BCUT2D eigenvalue weighted by molar-refractivity contribution is 8.00. The molecule has 0 spiro atoms. The minimum atomic E-state index is -0.497. The summed E-state index contributed by atoms with van der Waals surface area (Å²) in [5.74, 6) is -1.01. The number of primary amides is 1. The molecule has 2 amide bonds. The van der Waals surface area contributed by atoms with Gasteiger partial charge in [-0.25, -0.2) is 4.39 Å². The largest absolute Gasteiger partial charge is 0.365 e. The van der Waals surface area contributed by atoms with Crippen molar-refractivity contribution >= 4 is 39.9 Å². The molecule has 0 fully saturated rings. The van der Waals surface area contributed by atoms with E-state index in [0.717, 1.165) is 34.6 Å². The third-order valence-corrected chi connectivity index (χ3v) is 6.22. The smallest absolute Gasteiger partial charge is 0.251 e. The number of fused-ring (bicyclic) bond motifs is 1. The molecule has 1 aliphatic rings. The molecular formula is C17H17FN2O2S2. The van der Waals surface area contributed by atoms with Gasteiger partial charge in [0.2, 0.25) is 5.91 Å². The first kappa shape index (κ1) is 17.0. The standard InChI is InChI=1S/C17H17FN2O2S2/c1-9(23-11-7-5-10(18)6-8-11)16(22)20-17-14(15(19)21)12-3-2-4-13(12)24-17/h5-9H,2-4H2,1H3,(H2,19,21)(H,20,22)/t9-/m0/s1. The highest BCUT2D eigenvalue weighted by Crippen LogP contribution is 2.39. The molecule has 0 bridgehead atoms. The summed E-state index contributed by atoms with van der Waals surface area (Å²) in [4.78, 5) is 26.1. The SMILES string of the molecule is C[C@H](Sc1ccc(F)cc1)C(=O)Nc1sc2c(c1C(N)=O)CCC2. The van der Waals surface area contributed by atoms with Gasteiger partial charge in [0.1, 0.15) is 10.8 Å². The minimum absolute atomic E-state index is 0.202. The second-order valence-corrected chi connectivity index (χ2v) is 8.15. The van der Waals surface area contributed by atoms with E-state index in [1.165, 1.54) is 35.2 Å². The van der Waals surface area contributed by atoms with Gasteiger partial charge in [0, 0.05) is 9.77 Å². The average molecular weight is 364 g/mol. The number of halogens is 1. The summed E-state index contributed by atoms with van der Waals surface area (Å²) in [7, 11) is 0. The third kappa shape index (κ3) is 3.47. The first-order chi connectivity index (χ1) is 11.5. The van der Waals surface area contributed by atoms with E-state index in [4.69, 9.17) is 5.73 Å². The molecule has 0 aliphatic heterocycles. The van der Waals surface area contributed by atoms with Crippen LogP contribution in [0.1, 0.15) is 34.1 Å². The van der Waals surface area contributed by atoms with Gasteiger partial charge < -0.3 is 11.1 Å². The number of nitrogens with one attached hydrogen (secondary N) is 1. The van der Waals surface area contributed by atoms with Crippen LogP contribution in [0, 0.1) is 5.82 Å². The van der Waals surface area contributed by atoms with Crippen LogP contribution in [0.25, 0.3) is 0 Å². The lowest BCUT2D eigenvalue weighted by atomic mass is 10.1. The molecule has 1 aromatic carbocycles. The summed E-state index contributed by atoms with van der Waals surface area (Å²) in [6.45, 7) is 1.77. The Hall–Kier alpha value is -1.86. The number of hydrogen-bond acceptors (Lipinski definition) is 4. The molecular weight excluding hydrogens is 347 g/mol. The Morgan fingerprint density at radius 1 is 1.29 bits per heavy atom. The van der Waals surface area contributed by atoms with E-state index < -0.39 is 5.91 Å². The van der Waals surface area contributed by atoms with Gasteiger partial charge >= 0.3 is 0 Å². The monoisotopic (exact) mass is 364 g/mol. The summed E-state index contributed by atoms with van der Waals surface area (Å²) < 4.78 is 12.9. The number of carbonyl (C=O) groups is 2. The van der Waals surface area contributed by atoms with E-state index in [9.17, 15) is 14.0 Å². The Labute approximate surface area is 147 Å². The molecule has 1 aliphatic carbocycles. The van der Waals surface area contributed by atoms with Crippen LogP contribution in [0.3, 0.4) is 0 Å². The Balaban J connectivity index is 1.72. The fourth-order valence-corrected chi connectivity index (χ4v) is 4.90. The molecule has 4 nitrogen and oxygen atoms in total. The molecule has 0 saturated heterocycles. The van der Waals surface area contributed by atoms with E-state index in [1.807, 2.05) is 0 Å². The zero-order valence-electron chi connectivity index (χ0n) is 13.1. The second-order valence-electron chi connectivity index (χ2n) is 5.63. The van der Waals surface area contributed by atoms with Crippen LogP contribution >= 0.6 is 23.1 Å². The van der Waals surface area contributed by atoms with Crippen LogP contribution in [0.2, 0.25) is 0 Å². The average Bonchev–Trinajstić information content (AvgIpc) is 3.09. The summed E-state index contributed by atoms with van der Waals surface area (Å²) in [6, 6.07) is 6.00. The Bertz CT molecular complexity index is 787. The number of rotatable bonds is 5. The summed E-state index contributed by atoms with van der Waals surface area (Å²) in [5.41, 5.74) is 6.94. The molecule has 3 N–H and O–H groups in total. The molecule has 24 heavy (non-hydrogen) atoms. The highest BCUT2D eigenvalue weighted by atomic mass is 32.2. The van der Waals surface area contributed by atoms with E-state index in [1.54, 1.807) is 19.1 Å². The minimum Gasteiger partial charge on any atom is -0.365 e. The van der Waals surface area contributed by atoms with Crippen LogP contribution in [0.4, 0.5) is 9.39 Å². The van der Waals surface area contributed by atoms with Crippen molar-refractivity contribution in [2.75, 3.05) is 5.32 Å². The highest BCUT2D eigenvalue weighted by Gasteiger charge is 2.27. The maximum absolute atomic E-state index is 12.9. The van der Waals surface area contributed by atoms with E-state index in [-0.39, 0.29) is 17.0 Å². The van der Waals surface area contributed by atoms with Gasteiger partial charge in [-0.1, -0.05) is 0 Å². The number of anilines is 1.